The highest BCUT2D eigenvalue weighted by Crippen LogP contribution is 2.44. The van der Waals surface area contributed by atoms with Crippen molar-refractivity contribution in [2.75, 3.05) is 106 Å². The first-order chi connectivity index (χ1) is 29.4. The monoisotopic (exact) mass is 879 g/mol. The summed E-state index contributed by atoms with van der Waals surface area (Å²) < 4.78 is 21.9. The average molecular weight is 881 g/mol. The summed E-state index contributed by atoms with van der Waals surface area (Å²) in [5.74, 6) is 0.592. The number of amides is 3. The maximum atomic E-state index is 14.7. The molecule has 3 saturated heterocycles. The van der Waals surface area contributed by atoms with Gasteiger partial charge in [0.25, 0.3) is 11.8 Å². The maximum absolute atomic E-state index is 14.7. The normalized spacial score (nSPS) is 19.3. The number of likely N-dealkylation sites (tertiary alicyclic amines) is 2. The SMILES string of the molecule is CCN(CC)C(=O)COC(=O)CN1CCN(C(=O)C2(c3ccccc3)CCN(CCC3(c4ccc(Cl)c(Cl)c4)CCN(C(=O)c4cc(OC)c(OC)c(OC)c4)C3)CC2)CC1. The van der Waals surface area contributed by atoms with Crippen LogP contribution >= 0.6 is 23.2 Å². The molecule has 0 bridgehead atoms. The second-order valence-electron chi connectivity index (χ2n) is 16.1. The van der Waals surface area contributed by atoms with E-state index in [1.807, 2.05) is 64.9 Å². The number of esters is 1. The number of likely N-dealkylation sites (N-methyl/N-ethyl adjacent to an activating group) is 1. The summed E-state index contributed by atoms with van der Waals surface area (Å²) >= 11 is 13.0. The Bertz CT molecular complexity index is 1990. The van der Waals surface area contributed by atoms with Gasteiger partial charge in [0, 0.05) is 63.3 Å². The smallest absolute Gasteiger partial charge is 0.320 e. The lowest BCUT2D eigenvalue weighted by Crippen LogP contribution is -2.58. The molecule has 15 heteroatoms. The Hall–Kier alpha value is -4.56. The number of halogens is 2. The number of nitrogens with zero attached hydrogens (tertiary/aromatic N) is 5. The lowest BCUT2D eigenvalue weighted by Gasteiger charge is -2.46. The summed E-state index contributed by atoms with van der Waals surface area (Å²) in [5.41, 5.74) is 1.44. The van der Waals surface area contributed by atoms with E-state index in [0.29, 0.717) is 98.1 Å². The van der Waals surface area contributed by atoms with E-state index < -0.39 is 11.4 Å². The van der Waals surface area contributed by atoms with Gasteiger partial charge in [-0.1, -0.05) is 59.6 Å². The van der Waals surface area contributed by atoms with E-state index in [1.54, 1.807) is 17.0 Å². The van der Waals surface area contributed by atoms with Crippen molar-refractivity contribution in [1.82, 2.24) is 24.5 Å². The molecule has 3 aromatic carbocycles. The molecule has 6 rings (SSSR count). The molecule has 0 radical (unpaired) electrons. The van der Waals surface area contributed by atoms with Crippen molar-refractivity contribution >= 4 is 46.9 Å². The zero-order chi connectivity index (χ0) is 43.7. The standard InChI is InChI=1S/C46H59Cl2N5O8/c1-6-51(7-2)40(54)31-61-41(55)30-50-23-25-52(26-24-50)44(57)46(34-11-9-8-10-12-34)17-20-49(21-18-46)19-15-45(35-13-14-36(47)37(48)29-35)16-22-53(32-45)43(56)33-27-38(58-3)42(60-5)39(28-33)59-4/h8-14,27-29H,6-7,15-26,30-32H2,1-5H3. The van der Waals surface area contributed by atoms with Gasteiger partial charge in [0.05, 0.1) is 43.3 Å². The third kappa shape index (κ3) is 10.2. The zero-order valence-corrected chi connectivity index (χ0v) is 37.6. The van der Waals surface area contributed by atoms with Crippen molar-refractivity contribution in [3.63, 3.8) is 0 Å². The molecule has 1 atom stereocenters. The molecule has 13 nitrogen and oxygen atoms in total. The third-order valence-electron chi connectivity index (χ3n) is 12.9. The fourth-order valence-electron chi connectivity index (χ4n) is 9.21. The van der Waals surface area contributed by atoms with E-state index in [4.69, 9.17) is 42.1 Å². The third-order valence-corrected chi connectivity index (χ3v) is 13.7. The number of rotatable bonds is 16. The van der Waals surface area contributed by atoms with Gasteiger partial charge in [-0.2, -0.15) is 0 Å². The first kappa shape index (κ1) is 46.0. The Morgan fingerprint density at radius 3 is 1.95 bits per heavy atom. The van der Waals surface area contributed by atoms with Gasteiger partial charge in [0.15, 0.2) is 18.1 Å². The summed E-state index contributed by atoms with van der Waals surface area (Å²) in [6, 6.07) is 19.3. The van der Waals surface area contributed by atoms with E-state index in [2.05, 4.69) is 17.0 Å². The van der Waals surface area contributed by atoms with Crippen molar-refractivity contribution in [3.05, 3.63) is 87.4 Å². The van der Waals surface area contributed by atoms with Gasteiger partial charge < -0.3 is 38.5 Å². The van der Waals surface area contributed by atoms with Gasteiger partial charge in [-0.15, -0.1) is 0 Å². The highest BCUT2D eigenvalue weighted by Gasteiger charge is 2.47. The number of hydrogen-bond acceptors (Lipinski definition) is 10. The first-order valence-electron chi connectivity index (χ1n) is 21.2. The topological polar surface area (TPSA) is 121 Å². The van der Waals surface area contributed by atoms with Crippen LogP contribution in [0.3, 0.4) is 0 Å². The van der Waals surface area contributed by atoms with Crippen molar-refractivity contribution in [2.45, 2.75) is 50.4 Å². The molecule has 0 aromatic heterocycles. The number of piperazine rings is 1. The molecule has 3 aromatic rings. The molecular weight excluding hydrogens is 821 g/mol. The molecule has 0 aliphatic carbocycles. The number of carbonyl (C=O) groups excluding carboxylic acids is 4. The van der Waals surface area contributed by atoms with E-state index in [-0.39, 0.29) is 36.3 Å². The highest BCUT2D eigenvalue weighted by atomic mass is 35.5. The van der Waals surface area contributed by atoms with Gasteiger partial charge in [-0.25, -0.2) is 0 Å². The van der Waals surface area contributed by atoms with Gasteiger partial charge in [-0.3, -0.25) is 24.1 Å². The van der Waals surface area contributed by atoms with Gasteiger partial charge in [0.2, 0.25) is 11.7 Å². The van der Waals surface area contributed by atoms with Crippen LogP contribution in [0.4, 0.5) is 0 Å². The van der Waals surface area contributed by atoms with Crippen LogP contribution in [-0.2, 0) is 30.0 Å². The number of carbonyl (C=O) groups is 4. The summed E-state index contributed by atoms with van der Waals surface area (Å²) in [4.78, 5) is 63.6. The fourth-order valence-corrected chi connectivity index (χ4v) is 9.50. The van der Waals surface area contributed by atoms with Crippen LogP contribution < -0.4 is 14.2 Å². The number of hydrogen-bond donors (Lipinski definition) is 0. The van der Waals surface area contributed by atoms with Crippen molar-refractivity contribution < 1.29 is 38.1 Å². The summed E-state index contributed by atoms with van der Waals surface area (Å²) in [5, 5.41) is 0.949. The van der Waals surface area contributed by atoms with E-state index in [9.17, 15) is 19.2 Å². The molecular formula is C46H59Cl2N5O8. The molecule has 330 valence electrons. The summed E-state index contributed by atoms with van der Waals surface area (Å²) in [6.45, 7) is 10.1. The van der Waals surface area contributed by atoms with Crippen molar-refractivity contribution in [3.8, 4) is 17.2 Å². The molecule has 61 heavy (non-hydrogen) atoms. The number of ether oxygens (including phenoxy) is 4. The van der Waals surface area contributed by atoms with E-state index >= 15 is 0 Å². The minimum absolute atomic E-state index is 0.0764. The number of methoxy groups -OCH3 is 3. The van der Waals surface area contributed by atoms with Crippen LogP contribution in [0, 0.1) is 0 Å². The Labute approximate surface area is 369 Å². The number of piperidine rings is 1. The molecule has 3 aliphatic rings. The Kier molecular flexibility index (Phi) is 15.5. The van der Waals surface area contributed by atoms with Gasteiger partial charge >= 0.3 is 5.97 Å². The van der Waals surface area contributed by atoms with E-state index in [0.717, 1.165) is 43.6 Å². The summed E-state index contributed by atoms with van der Waals surface area (Å²) in [6.07, 6.45) is 2.83. The molecule has 1 unspecified atom stereocenters. The lowest BCUT2D eigenvalue weighted by molar-refractivity contribution is -0.153. The maximum Gasteiger partial charge on any atom is 0.320 e. The summed E-state index contributed by atoms with van der Waals surface area (Å²) in [7, 11) is 4.59. The van der Waals surface area contributed by atoms with Crippen LogP contribution in [0.1, 0.15) is 61.0 Å². The van der Waals surface area contributed by atoms with Crippen LogP contribution in [0.25, 0.3) is 0 Å². The molecule has 0 N–H and O–H groups in total. The predicted molar refractivity (Wildman–Crippen MR) is 235 cm³/mol. The largest absolute Gasteiger partial charge is 0.493 e. The van der Waals surface area contributed by atoms with Crippen LogP contribution in [0.15, 0.2) is 60.7 Å². The van der Waals surface area contributed by atoms with Crippen molar-refractivity contribution in [2.24, 2.45) is 0 Å². The molecule has 3 heterocycles. The minimum atomic E-state index is -0.678. The second kappa shape index (κ2) is 20.5. The second-order valence-corrected chi connectivity index (χ2v) is 16.9. The van der Waals surface area contributed by atoms with E-state index in [1.165, 1.54) is 21.3 Å². The Balaban J connectivity index is 1.12. The Morgan fingerprint density at radius 2 is 1.36 bits per heavy atom. The first-order valence-corrected chi connectivity index (χ1v) is 21.9. The molecule has 3 fully saturated rings. The van der Waals surface area contributed by atoms with Crippen molar-refractivity contribution in [1.29, 1.82) is 0 Å². The van der Waals surface area contributed by atoms with Gasteiger partial charge in [0.1, 0.15) is 0 Å². The highest BCUT2D eigenvalue weighted by molar-refractivity contribution is 6.42. The molecule has 3 aliphatic heterocycles. The van der Waals surface area contributed by atoms with Crippen LogP contribution in [-0.4, -0.2) is 155 Å². The zero-order valence-electron chi connectivity index (χ0n) is 36.1. The quantitative estimate of drug-likeness (QED) is 0.164. The Morgan fingerprint density at radius 1 is 0.705 bits per heavy atom. The van der Waals surface area contributed by atoms with Crippen LogP contribution in [0.2, 0.25) is 10.0 Å². The average Bonchev–Trinajstić information content (AvgIpc) is 3.74. The fraction of sp³-hybridized carbons (Fsp3) is 0.522. The molecule has 0 spiro atoms. The van der Waals surface area contributed by atoms with Gasteiger partial charge in [-0.05, 0) is 94.6 Å². The predicted octanol–water partition coefficient (Wildman–Crippen LogP) is 5.78. The van der Waals surface area contributed by atoms with Crippen LogP contribution in [0.5, 0.6) is 17.2 Å². The molecule has 0 saturated carbocycles. The lowest BCUT2D eigenvalue weighted by atomic mass is 9.71. The minimum Gasteiger partial charge on any atom is -0.493 e. The molecule has 3 amide bonds. The number of benzene rings is 3.